The molecule has 4 nitrogen and oxygen atoms in total. The smallest absolute Gasteiger partial charge is 0.0602 e. The second kappa shape index (κ2) is 13.8. The Morgan fingerprint density at radius 3 is 1.56 bits per heavy atom. The molecule has 2 saturated heterocycles. The van der Waals surface area contributed by atoms with Crippen LogP contribution in [-0.4, -0.2) is 68.7 Å². The monoisotopic (exact) mass is 454 g/mol. The van der Waals surface area contributed by atoms with Crippen LogP contribution in [0.25, 0.3) is 6.08 Å². The minimum atomic E-state index is 0.337. The van der Waals surface area contributed by atoms with Crippen LogP contribution in [0.15, 0.2) is 97.1 Å². The predicted molar refractivity (Wildman–Crippen MR) is 144 cm³/mol. The lowest BCUT2D eigenvalue weighted by Crippen LogP contribution is -2.47. The molecule has 0 bridgehead atoms. The van der Waals surface area contributed by atoms with Gasteiger partial charge in [-0.15, -0.1) is 0 Å². The summed E-state index contributed by atoms with van der Waals surface area (Å²) < 4.78 is 0. The Bertz CT molecular complexity index is 896. The zero-order valence-electron chi connectivity index (χ0n) is 20.2. The minimum absolute atomic E-state index is 0.337. The summed E-state index contributed by atoms with van der Waals surface area (Å²) in [5, 5.41) is 6.44. The Morgan fingerprint density at radius 2 is 1.09 bits per heavy atom. The number of nitrogens with one attached hydrogen (secondary N) is 2. The van der Waals surface area contributed by atoms with E-state index in [4.69, 9.17) is 0 Å². The van der Waals surface area contributed by atoms with E-state index in [9.17, 15) is 0 Å². The molecule has 0 unspecified atom stereocenters. The Labute approximate surface area is 205 Å². The molecule has 3 aromatic rings. The van der Waals surface area contributed by atoms with Crippen LogP contribution in [0.2, 0.25) is 0 Å². The van der Waals surface area contributed by atoms with E-state index in [2.05, 4.69) is 124 Å². The summed E-state index contributed by atoms with van der Waals surface area (Å²) in [4.78, 5) is 5.17. The van der Waals surface area contributed by atoms with Gasteiger partial charge in [0.15, 0.2) is 0 Å². The zero-order chi connectivity index (χ0) is 23.3. The fourth-order valence-corrected chi connectivity index (χ4v) is 4.59. The van der Waals surface area contributed by atoms with Gasteiger partial charge in [-0.25, -0.2) is 0 Å². The first-order valence-electron chi connectivity index (χ1n) is 12.6. The highest BCUT2D eigenvalue weighted by molar-refractivity contribution is 5.48. The van der Waals surface area contributed by atoms with E-state index in [1.165, 1.54) is 16.7 Å². The van der Waals surface area contributed by atoms with Crippen molar-refractivity contribution in [1.29, 1.82) is 0 Å². The van der Waals surface area contributed by atoms with E-state index in [0.29, 0.717) is 6.04 Å². The van der Waals surface area contributed by atoms with E-state index in [-0.39, 0.29) is 0 Å². The third-order valence-electron chi connectivity index (χ3n) is 6.43. The maximum atomic E-state index is 3.22. The van der Waals surface area contributed by atoms with Gasteiger partial charge in [0.25, 0.3) is 0 Å². The summed E-state index contributed by atoms with van der Waals surface area (Å²) in [7, 11) is 0. The van der Waals surface area contributed by atoms with E-state index in [1.807, 2.05) is 0 Å². The number of benzene rings is 3. The second-order valence-electron chi connectivity index (χ2n) is 8.87. The molecule has 178 valence electrons. The van der Waals surface area contributed by atoms with Crippen LogP contribution in [0.3, 0.4) is 0 Å². The minimum Gasteiger partial charge on any atom is -0.314 e. The molecule has 0 aliphatic carbocycles. The molecule has 0 atom stereocenters. The average Bonchev–Trinajstić information content (AvgIpc) is 2.93. The Kier molecular flexibility index (Phi) is 9.91. The number of piperazine rings is 2. The van der Waals surface area contributed by atoms with Crippen LogP contribution in [0.5, 0.6) is 0 Å². The van der Waals surface area contributed by atoms with Crippen LogP contribution in [0, 0.1) is 0 Å². The number of hydrogen-bond acceptors (Lipinski definition) is 4. The van der Waals surface area contributed by atoms with E-state index in [0.717, 1.165) is 58.9 Å². The van der Waals surface area contributed by atoms with Crippen molar-refractivity contribution in [3.63, 3.8) is 0 Å². The molecule has 2 aliphatic heterocycles. The first-order chi connectivity index (χ1) is 16.9. The van der Waals surface area contributed by atoms with Gasteiger partial charge in [-0.1, -0.05) is 103 Å². The third-order valence-corrected chi connectivity index (χ3v) is 6.43. The Balaban J connectivity index is 0.000000398. The van der Waals surface area contributed by atoms with Gasteiger partial charge < -0.3 is 10.6 Å². The van der Waals surface area contributed by atoms with Crippen molar-refractivity contribution in [2.75, 3.05) is 58.9 Å². The molecular weight excluding hydrogens is 416 g/mol. The first-order valence-corrected chi connectivity index (χ1v) is 12.6. The van der Waals surface area contributed by atoms with Crippen LogP contribution < -0.4 is 10.6 Å². The summed E-state index contributed by atoms with van der Waals surface area (Å²) in [6, 6.07) is 32.7. The molecule has 0 spiro atoms. The lowest BCUT2D eigenvalue weighted by atomic mass is 9.96. The highest BCUT2D eigenvalue weighted by atomic mass is 15.3. The van der Waals surface area contributed by atoms with Crippen molar-refractivity contribution in [3.05, 3.63) is 114 Å². The quantitative estimate of drug-likeness (QED) is 0.582. The lowest BCUT2D eigenvalue weighted by Gasteiger charge is -2.39. The fourth-order valence-electron chi connectivity index (χ4n) is 4.59. The molecule has 4 heteroatoms. The van der Waals surface area contributed by atoms with Crippen molar-refractivity contribution in [1.82, 2.24) is 20.4 Å². The topological polar surface area (TPSA) is 30.5 Å². The van der Waals surface area contributed by atoms with Gasteiger partial charge in [0.1, 0.15) is 0 Å². The highest BCUT2D eigenvalue weighted by Gasteiger charge is 2.25. The average molecular weight is 455 g/mol. The molecule has 5 rings (SSSR count). The molecule has 2 N–H and O–H groups in total. The number of nitrogens with zero attached hydrogens (tertiary/aromatic N) is 2. The summed E-state index contributed by atoms with van der Waals surface area (Å²) in [5.41, 5.74) is 4.03. The first kappa shape index (κ1) is 24.4. The Morgan fingerprint density at radius 1 is 0.618 bits per heavy atom. The van der Waals surface area contributed by atoms with Crippen LogP contribution >= 0.6 is 0 Å². The van der Waals surface area contributed by atoms with E-state index >= 15 is 0 Å². The standard InChI is InChI=1S/C26H28N2.C4H10N2/c1-4-11-23(12-5-1)13-10-18-27-19-21-28(22-20-27)26(24-14-6-2-7-15-24)25-16-8-3-9-17-25;1-2-6-4-3-5-1/h1-17,26H,18-22H2;5-6H,1-4H2/b13-10+;. The molecule has 2 fully saturated rings. The molecule has 0 saturated carbocycles. The fraction of sp³-hybridized carbons (Fsp3) is 0.333. The second-order valence-corrected chi connectivity index (χ2v) is 8.87. The van der Waals surface area contributed by atoms with Crippen molar-refractivity contribution in [2.45, 2.75) is 6.04 Å². The third kappa shape index (κ3) is 7.64. The largest absolute Gasteiger partial charge is 0.314 e. The van der Waals surface area contributed by atoms with Gasteiger partial charge in [-0.05, 0) is 16.7 Å². The molecule has 2 aliphatic rings. The predicted octanol–water partition coefficient (Wildman–Crippen LogP) is 4.29. The van der Waals surface area contributed by atoms with Gasteiger partial charge in [-0.2, -0.15) is 0 Å². The highest BCUT2D eigenvalue weighted by Crippen LogP contribution is 2.29. The summed E-state index contributed by atoms with van der Waals surface area (Å²) in [5.74, 6) is 0. The van der Waals surface area contributed by atoms with Crippen molar-refractivity contribution < 1.29 is 0 Å². The van der Waals surface area contributed by atoms with Crippen LogP contribution in [-0.2, 0) is 0 Å². The molecule has 3 aromatic carbocycles. The van der Waals surface area contributed by atoms with Gasteiger partial charge in [-0.3, -0.25) is 9.80 Å². The van der Waals surface area contributed by atoms with Crippen molar-refractivity contribution in [2.24, 2.45) is 0 Å². The zero-order valence-corrected chi connectivity index (χ0v) is 20.2. The van der Waals surface area contributed by atoms with Crippen LogP contribution in [0.4, 0.5) is 0 Å². The van der Waals surface area contributed by atoms with Crippen molar-refractivity contribution in [3.8, 4) is 0 Å². The van der Waals surface area contributed by atoms with Gasteiger partial charge in [0.05, 0.1) is 6.04 Å². The summed E-state index contributed by atoms with van der Waals surface area (Å²) in [6.07, 6.45) is 4.51. The SMILES string of the molecule is C(=C\c1ccccc1)/CN1CCN(C(c2ccccc2)c2ccccc2)CC1.C1CNCCN1. The Hall–Kier alpha value is -2.76. The lowest BCUT2D eigenvalue weighted by molar-refractivity contribution is 0.118. The summed E-state index contributed by atoms with van der Waals surface area (Å²) >= 11 is 0. The van der Waals surface area contributed by atoms with Gasteiger partial charge >= 0.3 is 0 Å². The normalized spacial score (nSPS) is 17.4. The van der Waals surface area contributed by atoms with Crippen molar-refractivity contribution >= 4 is 6.08 Å². The maximum Gasteiger partial charge on any atom is 0.0602 e. The summed E-state index contributed by atoms with van der Waals surface area (Å²) in [6.45, 7) is 9.97. The van der Waals surface area contributed by atoms with Gasteiger partial charge in [0, 0.05) is 58.9 Å². The molecule has 2 heterocycles. The molecule has 0 amide bonds. The molecule has 0 aromatic heterocycles. The molecular formula is C30H38N4. The van der Waals surface area contributed by atoms with Crippen LogP contribution in [0.1, 0.15) is 22.7 Å². The van der Waals surface area contributed by atoms with E-state index < -0.39 is 0 Å². The maximum absolute atomic E-state index is 3.22. The number of hydrogen-bond donors (Lipinski definition) is 2. The number of rotatable bonds is 6. The molecule has 34 heavy (non-hydrogen) atoms. The van der Waals surface area contributed by atoms with E-state index in [1.54, 1.807) is 0 Å². The molecule has 0 radical (unpaired) electrons. The van der Waals surface area contributed by atoms with Gasteiger partial charge in [0.2, 0.25) is 0 Å².